The average Bonchev–Trinajstić information content (AvgIpc) is 3.34. The van der Waals surface area contributed by atoms with E-state index in [4.69, 9.17) is 18.9 Å². The number of aryl methyl sites for hydroxylation is 1. The van der Waals surface area contributed by atoms with Gasteiger partial charge in [-0.2, -0.15) is 0 Å². The van der Waals surface area contributed by atoms with Crippen LogP contribution in [0.15, 0.2) is 89.8 Å². The highest BCUT2D eigenvalue weighted by atomic mass is 32.2. The van der Waals surface area contributed by atoms with Crippen LogP contribution in [0.25, 0.3) is 6.08 Å². The Morgan fingerprint density at radius 1 is 0.787 bits per heavy atom. The van der Waals surface area contributed by atoms with Gasteiger partial charge in [-0.3, -0.25) is 24.1 Å². The number of imide groups is 1. The molecule has 0 unspecified atom stereocenters. The Labute approximate surface area is 276 Å². The molecule has 0 saturated carbocycles. The molecule has 10 nitrogen and oxygen atoms in total. The fourth-order valence-corrected chi connectivity index (χ4v) is 5.51. The van der Waals surface area contributed by atoms with Gasteiger partial charge >= 0.3 is 0 Å². The highest BCUT2D eigenvalue weighted by molar-refractivity contribution is 8.18. The minimum atomic E-state index is -0.543. The van der Waals surface area contributed by atoms with E-state index in [1.807, 2.05) is 43.3 Å². The minimum Gasteiger partial charge on any atom is -0.493 e. The largest absolute Gasteiger partial charge is 0.493 e. The molecular weight excluding hydrogens is 620 g/mol. The van der Waals surface area contributed by atoms with Gasteiger partial charge in [0.05, 0.1) is 19.1 Å². The van der Waals surface area contributed by atoms with Gasteiger partial charge in [0, 0.05) is 11.3 Å². The number of anilines is 1. The molecule has 1 heterocycles. The van der Waals surface area contributed by atoms with Crippen LogP contribution in [-0.2, 0) is 22.8 Å². The summed E-state index contributed by atoms with van der Waals surface area (Å²) in [5.41, 5.74) is 4.57. The van der Waals surface area contributed by atoms with Crippen LogP contribution in [0.1, 0.15) is 32.6 Å². The van der Waals surface area contributed by atoms with Gasteiger partial charge in [-0.15, -0.1) is 0 Å². The summed E-state index contributed by atoms with van der Waals surface area (Å²) in [4.78, 5) is 50.3. The molecule has 240 valence electrons. The Morgan fingerprint density at radius 2 is 1.38 bits per heavy atom. The summed E-state index contributed by atoms with van der Waals surface area (Å²) in [6.07, 6.45) is 2.33. The Kier molecular flexibility index (Phi) is 10.6. The number of thioether (sulfide) groups is 1. The smallest absolute Gasteiger partial charge is 0.294 e. The van der Waals surface area contributed by atoms with E-state index in [1.165, 1.54) is 14.2 Å². The first-order chi connectivity index (χ1) is 22.8. The van der Waals surface area contributed by atoms with E-state index in [9.17, 15) is 19.2 Å². The molecule has 0 bridgehead atoms. The third kappa shape index (κ3) is 8.39. The molecule has 1 saturated heterocycles. The number of amides is 3. The van der Waals surface area contributed by atoms with Crippen LogP contribution < -0.4 is 24.3 Å². The van der Waals surface area contributed by atoms with Crippen LogP contribution in [0.4, 0.5) is 10.5 Å². The number of hydrogen-bond donors (Lipinski definition) is 1. The highest BCUT2D eigenvalue weighted by Crippen LogP contribution is 2.35. The van der Waals surface area contributed by atoms with Crippen molar-refractivity contribution in [2.45, 2.75) is 20.1 Å². The summed E-state index contributed by atoms with van der Waals surface area (Å²) in [5, 5.41) is 2.19. The van der Waals surface area contributed by atoms with Gasteiger partial charge in [0.25, 0.3) is 11.1 Å². The molecule has 0 spiro atoms. The van der Waals surface area contributed by atoms with Gasteiger partial charge in [-0.1, -0.05) is 42.0 Å². The molecule has 0 aromatic heterocycles. The predicted molar refractivity (Wildman–Crippen MR) is 179 cm³/mol. The van der Waals surface area contributed by atoms with Crippen LogP contribution in [-0.4, -0.2) is 49.0 Å². The quantitative estimate of drug-likeness (QED) is 0.125. The molecule has 1 N–H and O–H groups in total. The van der Waals surface area contributed by atoms with E-state index in [1.54, 1.807) is 54.6 Å². The Balaban J connectivity index is 1.19. The summed E-state index contributed by atoms with van der Waals surface area (Å²) >= 11 is 0.775. The maximum atomic E-state index is 13.0. The number of nitrogens with zero attached hydrogens (tertiary/aromatic N) is 1. The van der Waals surface area contributed by atoms with Crippen molar-refractivity contribution in [3.63, 3.8) is 0 Å². The number of nitrogens with one attached hydrogen (secondary N) is 1. The number of rotatable bonds is 13. The monoisotopic (exact) mass is 652 g/mol. The number of benzene rings is 4. The van der Waals surface area contributed by atoms with Crippen molar-refractivity contribution in [3.8, 4) is 23.0 Å². The molecule has 0 radical (unpaired) electrons. The second-order valence-corrected chi connectivity index (χ2v) is 11.5. The van der Waals surface area contributed by atoms with E-state index in [2.05, 4.69) is 5.32 Å². The summed E-state index contributed by atoms with van der Waals surface area (Å²) in [5.74, 6) is 0.926. The van der Waals surface area contributed by atoms with Gasteiger partial charge in [-0.25, -0.2) is 0 Å². The zero-order valence-electron chi connectivity index (χ0n) is 26.0. The molecule has 1 fully saturated rings. The van der Waals surface area contributed by atoms with Gasteiger partial charge in [-0.05, 0) is 90.0 Å². The van der Waals surface area contributed by atoms with E-state index < -0.39 is 17.1 Å². The van der Waals surface area contributed by atoms with E-state index in [0.717, 1.165) is 39.6 Å². The molecule has 4 aromatic rings. The molecule has 1 aliphatic rings. The van der Waals surface area contributed by atoms with Crippen LogP contribution in [0, 0.1) is 6.92 Å². The Hall–Kier alpha value is -5.55. The topological polar surface area (TPSA) is 120 Å². The van der Waals surface area contributed by atoms with Crippen molar-refractivity contribution in [1.82, 2.24) is 4.90 Å². The van der Waals surface area contributed by atoms with Gasteiger partial charge in [0.15, 0.2) is 23.0 Å². The molecule has 1 aliphatic heterocycles. The summed E-state index contributed by atoms with van der Waals surface area (Å²) in [7, 11) is 3.03. The van der Waals surface area contributed by atoms with Crippen LogP contribution in [0.5, 0.6) is 23.0 Å². The minimum absolute atomic E-state index is 0.199. The number of aldehydes is 1. The average molecular weight is 653 g/mol. The number of carbonyl (C=O) groups excluding carboxylic acids is 4. The zero-order valence-corrected chi connectivity index (χ0v) is 26.8. The third-order valence-corrected chi connectivity index (χ3v) is 8.01. The number of carbonyl (C=O) groups is 4. The van der Waals surface area contributed by atoms with E-state index >= 15 is 0 Å². The van der Waals surface area contributed by atoms with Crippen molar-refractivity contribution in [2.24, 2.45) is 0 Å². The fraction of sp³-hybridized carbons (Fsp3) is 0.167. The SMILES string of the molecule is COc1cc(C=O)ccc1OCc1cccc(COc2ccc(/C=C3\SC(=O)N(CC(=O)Nc4ccc(C)cc4)C3=O)cc2OC)c1. The fourth-order valence-electron chi connectivity index (χ4n) is 4.67. The van der Waals surface area contributed by atoms with E-state index in [0.29, 0.717) is 39.8 Å². The van der Waals surface area contributed by atoms with Crippen LogP contribution in [0.2, 0.25) is 0 Å². The van der Waals surface area contributed by atoms with Crippen LogP contribution >= 0.6 is 11.8 Å². The summed E-state index contributed by atoms with van der Waals surface area (Å²) < 4.78 is 22.9. The zero-order chi connectivity index (χ0) is 33.3. The lowest BCUT2D eigenvalue weighted by atomic mass is 10.1. The molecule has 4 aromatic carbocycles. The normalized spacial score (nSPS) is 13.4. The Bertz CT molecular complexity index is 1840. The lowest BCUT2D eigenvalue weighted by Crippen LogP contribution is -2.36. The molecule has 0 aliphatic carbocycles. The van der Waals surface area contributed by atoms with Crippen molar-refractivity contribution in [3.05, 3.63) is 118 Å². The summed E-state index contributed by atoms with van der Waals surface area (Å²) in [6, 6.07) is 25.1. The van der Waals surface area contributed by atoms with Crippen molar-refractivity contribution in [1.29, 1.82) is 0 Å². The highest BCUT2D eigenvalue weighted by Gasteiger charge is 2.36. The molecule has 5 rings (SSSR count). The molecule has 47 heavy (non-hydrogen) atoms. The standard InChI is InChI=1S/C36H32N2O8S/c1-23-7-11-28(12-8-23)37-34(40)19-38-35(41)33(47-36(38)42)18-24-9-13-29(31(16-24)43-2)45-21-26-5-4-6-27(15-26)22-46-30-14-10-25(20-39)17-32(30)44-3/h4-18,20H,19,21-22H2,1-3H3,(H,37,40)/b33-18-. The van der Waals surface area contributed by atoms with Crippen molar-refractivity contribution < 1.29 is 38.1 Å². The lowest BCUT2D eigenvalue weighted by Gasteiger charge is -2.13. The number of ether oxygens (including phenoxy) is 4. The third-order valence-electron chi connectivity index (χ3n) is 7.10. The summed E-state index contributed by atoms with van der Waals surface area (Å²) in [6.45, 7) is 2.09. The predicted octanol–water partition coefficient (Wildman–Crippen LogP) is 6.66. The van der Waals surface area contributed by atoms with Gasteiger partial charge in [0.2, 0.25) is 5.91 Å². The van der Waals surface area contributed by atoms with E-state index in [-0.39, 0.29) is 24.7 Å². The van der Waals surface area contributed by atoms with Gasteiger partial charge in [0.1, 0.15) is 26.0 Å². The second-order valence-electron chi connectivity index (χ2n) is 10.5. The van der Waals surface area contributed by atoms with Crippen molar-refractivity contribution in [2.75, 3.05) is 26.1 Å². The molecule has 3 amide bonds. The van der Waals surface area contributed by atoms with Crippen LogP contribution in [0.3, 0.4) is 0 Å². The number of methoxy groups -OCH3 is 2. The number of hydrogen-bond acceptors (Lipinski definition) is 9. The maximum absolute atomic E-state index is 13.0. The molecular formula is C36H32N2O8S. The Morgan fingerprint density at radius 3 is 1.98 bits per heavy atom. The molecule has 0 atom stereocenters. The molecule has 11 heteroatoms. The first kappa shape index (κ1) is 32.8. The maximum Gasteiger partial charge on any atom is 0.294 e. The van der Waals surface area contributed by atoms with Gasteiger partial charge < -0.3 is 24.3 Å². The first-order valence-electron chi connectivity index (χ1n) is 14.5. The van der Waals surface area contributed by atoms with Crippen molar-refractivity contribution >= 4 is 46.9 Å². The first-order valence-corrected chi connectivity index (χ1v) is 15.3. The second kappa shape index (κ2) is 15.2. The lowest BCUT2D eigenvalue weighted by molar-refractivity contribution is -0.127.